The molecule has 0 atom stereocenters. The van der Waals surface area contributed by atoms with Crippen molar-refractivity contribution in [3.8, 4) is 0 Å². The second-order valence-electron chi connectivity index (χ2n) is 2.87. The molecule has 0 amide bonds. The Morgan fingerprint density at radius 2 is 2.46 bits per heavy atom. The van der Waals surface area contributed by atoms with Gasteiger partial charge in [0.05, 0.1) is 6.61 Å². The minimum atomic E-state index is 0.767. The lowest BCUT2D eigenvalue weighted by atomic mass is 10.4. The molecule has 0 fully saturated rings. The zero-order valence-corrected chi connectivity index (χ0v) is 8.26. The Labute approximate surface area is 78.7 Å². The van der Waals surface area contributed by atoms with Gasteiger partial charge in [-0.2, -0.15) is 0 Å². The summed E-state index contributed by atoms with van der Waals surface area (Å²) in [5.41, 5.74) is 1.12. The van der Waals surface area contributed by atoms with Crippen LogP contribution in [0.4, 0.5) is 0 Å². The van der Waals surface area contributed by atoms with Crippen molar-refractivity contribution in [1.29, 1.82) is 0 Å². The lowest BCUT2D eigenvalue weighted by molar-refractivity contribution is 0.149. The number of aryl methyl sites for hydroxylation is 1. The van der Waals surface area contributed by atoms with Crippen molar-refractivity contribution in [3.05, 3.63) is 17.7 Å². The molecule has 0 spiro atoms. The van der Waals surface area contributed by atoms with Gasteiger partial charge in [0.1, 0.15) is 5.82 Å². The van der Waals surface area contributed by atoms with Gasteiger partial charge in [0.15, 0.2) is 0 Å². The quantitative estimate of drug-likeness (QED) is 0.643. The van der Waals surface area contributed by atoms with Crippen molar-refractivity contribution in [3.63, 3.8) is 0 Å². The zero-order valence-electron chi connectivity index (χ0n) is 8.26. The van der Waals surface area contributed by atoms with Gasteiger partial charge in [-0.25, -0.2) is 4.98 Å². The minimum Gasteiger partial charge on any atom is -0.380 e. The highest BCUT2D eigenvalue weighted by Gasteiger charge is 1.94. The Balaban J connectivity index is 2.06. The van der Waals surface area contributed by atoms with Crippen LogP contribution < -0.4 is 5.32 Å². The van der Waals surface area contributed by atoms with E-state index in [1.165, 1.54) is 0 Å². The molecule has 0 saturated carbocycles. The van der Waals surface area contributed by atoms with E-state index >= 15 is 0 Å². The molecule has 74 valence electrons. The van der Waals surface area contributed by atoms with Gasteiger partial charge in [0.2, 0.25) is 0 Å². The van der Waals surface area contributed by atoms with Crippen molar-refractivity contribution in [1.82, 2.24) is 15.3 Å². The third kappa shape index (κ3) is 4.05. The summed E-state index contributed by atoms with van der Waals surface area (Å²) in [6.45, 7) is 7.20. The van der Waals surface area contributed by atoms with E-state index in [0.29, 0.717) is 0 Å². The van der Waals surface area contributed by atoms with Gasteiger partial charge in [0.25, 0.3) is 0 Å². The maximum atomic E-state index is 5.19. The molecule has 0 aliphatic rings. The van der Waals surface area contributed by atoms with E-state index < -0.39 is 0 Å². The first-order valence-corrected chi connectivity index (χ1v) is 4.62. The average Bonchev–Trinajstić information content (AvgIpc) is 2.51. The molecule has 0 aliphatic heterocycles. The fourth-order valence-electron chi connectivity index (χ4n) is 1.07. The Kier molecular flexibility index (Phi) is 4.49. The summed E-state index contributed by atoms with van der Waals surface area (Å²) >= 11 is 0. The fraction of sp³-hybridized carbons (Fsp3) is 0.667. The minimum absolute atomic E-state index is 0.767. The van der Waals surface area contributed by atoms with Crippen molar-refractivity contribution < 1.29 is 4.74 Å². The molecule has 4 heteroatoms. The Hall–Kier alpha value is -0.870. The third-order valence-electron chi connectivity index (χ3n) is 1.70. The van der Waals surface area contributed by atoms with Crippen molar-refractivity contribution in [2.75, 3.05) is 19.8 Å². The van der Waals surface area contributed by atoms with Crippen LogP contribution in [-0.4, -0.2) is 29.7 Å². The highest BCUT2D eigenvalue weighted by atomic mass is 16.5. The fourth-order valence-corrected chi connectivity index (χ4v) is 1.07. The van der Waals surface area contributed by atoms with Gasteiger partial charge in [0, 0.05) is 31.6 Å². The molecule has 0 radical (unpaired) electrons. The van der Waals surface area contributed by atoms with Gasteiger partial charge in [-0.1, -0.05) is 0 Å². The lowest BCUT2D eigenvalue weighted by Gasteiger charge is -2.02. The van der Waals surface area contributed by atoms with Crippen LogP contribution >= 0.6 is 0 Å². The maximum absolute atomic E-state index is 5.19. The molecule has 1 heterocycles. The van der Waals surface area contributed by atoms with Gasteiger partial charge in [-0.15, -0.1) is 0 Å². The Morgan fingerprint density at radius 1 is 1.62 bits per heavy atom. The van der Waals surface area contributed by atoms with Crippen molar-refractivity contribution >= 4 is 0 Å². The number of imidazole rings is 1. The van der Waals surface area contributed by atoms with Crippen LogP contribution in [0.3, 0.4) is 0 Å². The number of nitrogens with one attached hydrogen (secondary N) is 2. The van der Waals surface area contributed by atoms with E-state index in [2.05, 4.69) is 15.3 Å². The first kappa shape index (κ1) is 10.2. The summed E-state index contributed by atoms with van der Waals surface area (Å²) in [7, 11) is 0. The summed E-state index contributed by atoms with van der Waals surface area (Å²) in [6.07, 6.45) is 1.85. The second-order valence-corrected chi connectivity index (χ2v) is 2.87. The van der Waals surface area contributed by atoms with E-state index in [1.54, 1.807) is 0 Å². The molecule has 0 saturated heterocycles. The van der Waals surface area contributed by atoms with Gasteiger partial charge in [-0.3, -0.25) is 0 Å². The largest absolute Gasteiger partial charge is 0.380 e. The molecule has 0 unspecified atom stereocenters. The van der Waals surface area contributed by atoms with E-state index in [1.807, 2.05) is 20.0 Å². The summed E-state index contributed by atoms with van der Waals surface area (Å²) in [5, 5.41) is 3.25. The molecular formula is C9H17N3O. The smallest absolute Gasteiger partial charge is 0.103 e. The van der Waals surface area contributed by atoms with Crippen LogP contribution in [0.5, 0.6) is 0 Å². The molecule has 0 bridgehead atoms. The highest BCUT2D eigenvalue weighted by molar-refractivity contribution is 4.98. The number of nitrogens with zero attached hydrogens (tertiary/aromatic N) is 1. The molecule has 1 aromatic heterocycles. The van der Waals surface area contributed by atoms with Crippen LogP contribution in [0.15, 0.2) is 6.20 Å². The molecule has 0 aliphatic carbocycles. The predicted octanol–water partition coefficient (Wildman–Crippen LogP) is 0.844. The van der Waals surface area contributed by atoms with Crippen LogP contribution in [0.1, 0.15) is 18.4 Å². The summed E-state index contributed by atoms with van der Waals surface area (Å²) in [5.74, 6) is 0.960. The van der Waals surface area contributed by atoms with Crippen molar-refractivity contribution in [2.45, 2.75) is 20.4 Å². The predicted molar refractivity (Wildman–Crippen MR) is 51.5 cm³/mol. The first-order chi connectivity index (χ1) is 6.33. The van der Waals surface area contributed by atoms with E-state index in [-0.39, 0.29) is 0 Å². The lowest BCUT2D eigenvalue weighted by Crippen LogP contribution is -2.19. The number of aromatic nitrogens is 2. The molecule has 2 N–H and O–H groups in total. The maximum Gasteiger partial charge on any atom is 0.103 e. The van der Waals surface area contributed by atoms with E-state index in [9.17, 15) is 0 Å². The normalized spacial score (nSPS) is 10.6. The van der Waals surface area contributed by atoms with Crippen LogP contribution in [0.2, 0.25) is 0 Å². The van der Waals surface area contributed by atoms with Crippen LogP contribution in [-0.2, 0) is 11.3 Å². The molecule has 4 nitrogen and oxygen atoms in total. The standard InChI is InChI=1S/C9H17N3O/c1-3-13-5-4-10-6-9-7-11-8(2)12-9/h7,10H,3-6H2,1-2H3,(H,11,12). The zero-order chi connectivity index (χ0) is 9.52. The number of rotatable bonds is 6. The first-order valence-electron chi connectivity index (χ1n) is 4.62. The second kappa shape index (κ2) is 5.72. The number of H-pyrrole nitrogens is 1. The molecule has 1 aromatic rings. The number of aromatic amines is 1. The average molecular weight is 183 g/mol. The van der Waals surface area contributed by atoms with Gasteiger partial charge >= 0.3 is 0 Å². The summed E-state index contributed by atoms with van der Waals surface area (Å²) in [4.78, 5) is 7.26. The Morgan fingerprint density at radius 3 is 3.08 bits per heavy atom. The van der Waals surface area contributed by atoms with Crippen LogP contribution in [0.25, 0.3) is 0 Å². The molecule has 1 rings (SSSR count). The third-order valence-corrected chi connectivity index (χ3v) is 1.70. The molecule has 0 aromatic carbocycles. The van der Waals surface area contributed by atoms with E-state index in [4.69, 9.17) is 4.74 Å². The van der Waals surface area contributed by atoms with Crippen LogP contribution in [0, 0.1) is 6.92 Å². The number of hydrogen-bond acceptors (Lipinski definition) is 3. The number of ether oxygens (including phenoxy) is 1. The monoisotopic (exact) mass is 183 g/mol. The molecule has 13 heavy (non-hydrogen) atoms. The summed E-state index contributed by atoms with van der Waals surface area (Å²) < 4.78 is 5.19. The summed E-state index contributed by atoms with van der Waals surface area (Å²) in [6, 6.07) is 0. The topological polar surface area (TPSA) is 49.9 Å². The highest BCUT2D eigenvalue weighted by Crippen LogP contribution is 1.93. The SMILES string of the molecule is CCOCCNCc1cnc(C)[nH]1. The van der Waals surface area contributed by atoms with Gasteiger partial charge in [-0.05, 0) is 13.8 Å². The Bertz CT molecular complexity index is 235. The van der Waals surface area contributed by atoms with Gasteiger partial charge < -0.3 is 15.0 Å². The molecular weight excluding hydrogens is 166 g/mol. The van der Waals surface area contributed by atoms with E-state index in [0.717, 1.165) is 37.8 Å². The van der Waals surface area contributed by atoms with Crippen molar-refractivity contribution in [2.24, 2.45) is 0 Å². The number of hydrogen-bond donors (Lipinski definition) is 2.